The summed E-state index contributed by atoms with van der Waals surface area (Å²) in [6.07, 6.45) is 0.512. The van der Waals surface area contributed by atoms with Crippen LogP contribution in [0.1, 0.15) is 45.8 Å². The maximum Gasteiger partial charge on any atom is 0.133 e. The SMILES string of the molecule is CCCOc1ccc(C(O)C(C)(C)C)cc1Br. The molecule has 1 unspecified atom stereocenters. The Balaban J connectivity index is 2.89. The van der Waals surface area contributed by atoms with Gasteiger partial charge in [-0.2, -0.15) is 0 Å². The summed E-state index contributed by atoms with van der Waals surface area (Å²) in [7, 11) is 0. The first-order chi connectivity index (χ1) is 7.86. The third-order valence-electron chi connectivity index (χ3n) is 2.55. The molecule has 0 aliphatic carbocycles. The molecule has 0 heterocycles. The summed E-state index contributed by atoms with van der Waals surface area (Å²) in [6, 6.07) is 5.76. The molecular weight excluding hydrogens is 280 g/mol. The van der Waals surface area contributed by atoms with Crippen LogP contribution in [0.3, 0.4) is 0 Å². The average Bonchev–Trinajstić information content (AvgIpc) is 2.25. The van der Waals surface area contributed by atoms with E-state index in [-0.39, 0.29) is 5.41 Å². The number of aliphatic hydroxyl groups is 1. The Labute approximate surface area is 112 Å². The van der Waals surface area contributed by atoms with Crippen molar-refractivity contribution in [2.45, 2.75) is 40.2 Å². The second-order valence-electron chi connectivity index (χ2n) is 5.31. The van der Waals surface area contributed by atoms with Gasteiger partial charge in [0.1, 0.15) is 5.75 Å². The van der Waals surface area contributed by atoms with Crippen LogP contribution in [0.2, 0.25) is 0 Å². The van der Waals surface area contributed by atoms with Crippen LogP contribution in [0, 0.1) is 5.41 Å². The van der Waals surface area contributed by atoms with Gasteiger partial charge in [0.05, 0.1) is 17.2 Å². The van der Waals surface area contributed by atoms with Gasteiger partial charge in [0.2, 0.25) is 0 Å². The first-order valence-electron chi connectivity index (χ1n) is 5.96. The normalized spacial score (nSPS) is 13.5. The van der Waals surface area contributed by atoms with E-state index in [1.54, 1.807) is 0 Å². The molecule has 0 bridgehead atoms. The Morgan fingerprint density at radius 2 is 2.00 bits per heavy atom. The zero-order valence-electron chi connectivity index (χ0n) is 11.0. The second-order valence-corrected chi connectivity index (χ2v) is 6.16. The highest BCUT2D eigenvalue weighted by Crippen LogP contribution is 2.36. The van der Waals surface area contributed by atoms with Crippen molar-refractivity contribution in [2.24, 2.45) is 5.41 Å². The van der Waals surface area contributed by atoms with Gasteiger partial charge in [-0.1, -0.05) is 33.8 Å². The van der Waals surface area contributed by atoms with Crippen LogP contribution in [0.25, 0.3) is 0 Å². The molecule has 2 nitrogen and oxygen atoms in total. The van der Waals surface area contributed by atoms with Crippen molar-refractivity contribution in [2.75, 3.05) is 6.61 Å². The first kappa shape index (κ1) is 14.5. The molecule has 1 N–H and O–H groups in total. The van der Waals surface area contributed by atoms with Gasteiger partial charge in [-0.25, -0.2) is 0 Å². The zero-order valence-corrected chi connectivity index (χ0v) is 12.5. The Hall–Kier alpha value is -0.540. The predicted octanol–water partition coefficient (Wildman–Crippen LogP) is 4.32. The molecule has 1 aromatic carbocycles. The molecule has 0 saturated carbocycles. The molecule has 0 fully saturated rings. The number of halogens is 1. The van der Waals surface area contributed by atoms with E-state index < -0.39 is 6.10 Å². The van der Waals surface area contributed by atoms with E-state index in [0.717, 1.165) is 22.2 Å². The average molecular weight is 301 g/mol. The molecule has 3 heteroatoms. The smallest absolute Gasteiger partial charge is 0.133 e. The Morgan fingerprint density at radius 3 is 2.47 bits per heavy atom. The molecule has 1 rings (SSSR count). The molecular formula is C14H21BrO2. The van der Waals surface area contributed by atoms with Crippen LogP contribution < -0.4 is 4.74 Å². The minimum Gasteiger partial charge on any atom is -0.492 e. The maximum atomic E-state index is 10.2. The van der Waals surface area contributed by atoms with Crippen LogP contribution in [0.5, 0.6) is 5.75 Å². The number of hydrogen-bond donors (Lipinski definition) is 1. The Morgan fingerprint density at radius 1 is 1.35 bits per heavy atom. The molecule has 0 amide bonds. The lowest BCUT2D eigenvalue weighted by Crippen LogP contribution is -2.17. The molecule has 96 valence electrons. The summed E-state index contributed by atoms with van der Waals surface area (Å²) in [6.45, 7) is 8.85. The number of hydrogen-bond acceptors (Lipinski definition) is 2. The summed E-state index contributed by atoms with van der Waals surface area (Å²) in [5.74, 6) is 0.830. The number of ether oxygens (including phenoxy) is 1. The van der Waals surface area contributed by atoms with Crippen molar-refractivity contribution in [3.8, 4) is 5.75 Å². The molecule has 17 heavy (non-hydrogen) atoms. The van der Waals surface area contributed by atoms with E-state index in [0.29, 0.717) is 6.61 Å². The maximum absolute atomic E-state index is 10.2. The van der Waals surface area contributed by atoms with Crippen LogP contribution in [0.15, 0.2) is 22.7 Å². The molecule has 1 aromatic rings. The summed E-state index contributed by atoms with van der Waals surface area (Å²) in [5.41, 5.74) is 0.749. The van der Waals surface area contributed by atoms with Gasteiger partial charge in [-0.3, -0.25) is 0 Å². The van der Waals surface area contributed by atoms with Gasteiger partial charge in [-0.05, 0) is 45.5 Å². The lowest BCUT2D eigenvalue weighted by molar-refractivity contribution is 0.0626. The van der Waals surface area contributed by atoms with E-state index in [1.165, 1.54) is 0 Å². The molecule has 0 radical (unpaired) electrons. The van der Waals surface area contributed by atoms with Crippen LogP contribution >= 0.6 is 15.9 Å². The quantitative estimate of drug-likeness (QED) is 0.897. The van der Waals surface area contributed by atoms with E-state index >= 15 is 0 Å². The summed E-state index contributed by atoms with van der Waals surface area (Å²) in [5, 5.41) is 10.2. The largest absolute Gasteiger partial charge is 0.492 e. The van der Waals surface area contributed by atoms with Gasteiger partial charge < -0.3 is 9.84 Å². The zero-order chi connectivity index (χ0) is 13.1. The van der Waals surface area contributed by atoms with E-state index in [4.69, 9.17) is 4.74 Å². The fourth-order valence-corrected chi connectivity index (χ4v) is 2.03. The number of rotatable bonds is 4. The van der Waals surface area contributed by atoms with E-state index in [9.17, 15) is 5.11 Å². The van der Waals surface area contributed by atoms with E-state index in [1.807, 2.05) is 39.0 Å². The fourth-order valence-electron chi connectivity index (χ4n) is 1.52. The van der Waals surface area contributed by atoms with Gasteiger partial charge >= 0.3 is 0 Å². The molecule has 0 aromatic heterocycles. The molecule has 0 aliphatic heterocycles. The summed E-state index contributed by atoms with van der Waals surface area (Å²) in [4.78, 5) is 0. The molecule has 0 aliphatic rings. The molecule has 0 saturated heterocycles. The van der Waals surface area contributed by atoms with Crippen molar-refractivity contribution in [3.63, 3.8) is 0 Å². The first-order valence-corrected chi connectivity index (χ1v) is 6.76. The molecule has 0 spiro atoms. The molecule has 1 atom stereocenters. The van der Waals surface area contributed by atoms with Crippen LogP contribution in [0.4, 0.5) is 0 Å². The topological polar surface area (TPSA) is 29.5 Å². The van der Waals surface area contributed by atoms with Gasteiger partial charge in [-0.15, -0.1) is 0 Å². The standard InChI is InChI=1S/C14H21BrO2/c1-5-8-17-12-7-6-10(9-11(12)15)13(16)14(2,3)4/h6-7,9,13,16H,5,8H2,1-4H3. The Kier molecular flexibility index (Phi) is 5.02. The predicted molar refractivity (Wildman–Crippen MR) is 74.3 cm³/mol. The number of aliphatic hydroxyl groups excluding tert-OH is 1. The number of benzene rings is 1. The van der Waals surface area contributed by atoms with Crippen LogP contribution in [-0.2, 0) is 0 Å². The Bertz CT molecular complexity index is 369. The van der Waals surface area contributed by atoms with Crippen molar-refractivity contribution >= 4 is 15.9 Å². The van der Waals surface area contributed by atoms with Gasteiger partial charge in [0.25, 0.3) is 0 Å². The third kappa shape index (κ3) is 4.00. The minimum absolute atomic E-state index is 0.161. The fraction of sp³-hybridized carbons (Fsp3) is 0.571. The van der Waals surface area contributed by atoms with Gasteiger partial charge in [0.15, 0.2) is 0 Å². The van der Waals surface area contributed by atoms with E-state index in [2.05, 4.69) is 22.9 Å². The van der Waals surface area contributed by atoms with Crippen LogP contribution in [-0.4, -0.2) is 11.7 Å². The van der Waals surface area contributed by atoms with Crippen molar-refractivity contribution in [3.05, 3.63) is 28.2 Å². The summed E-state index contributed by atoms with van der Waals surface area (Å²) < 4.78 is 6.47. The highest BCUT2D eigenvalue weighted by atomic mass is 79.9. The third-order valence-corrected chi connectivity index (χ3v) is 3.17. The second kappa shape index (κ2) is 5.87. The van der Waals surface area contributed by atoms with Gasteiger partial charge in [0, 0.05) is 0 Å². The minimum atomic E-state index is -0.473. The lowest BCUT2D eigenvalue weighted by Gasteiger charge is -2.26. The lowest BCUT2D eigenvalue weighted by atomic mass is 9.85. The summed E-state index contributed by atoms with van der Waals surface area (Å²) >= 11 is 3.48. The monoisotopic (exact) mass is 300 g/mol. The van der Waals surface area contributed by atoms with Crippen molar-refractivity contribution < 1.29 is 9.84 Å². The van der Waals surface area contributed by atoms with Crippen molar-refractivity contribution in [1.82, 2.24) is 0 Å². The van der Waals surface area contributed by atoms with Crippen molar-refractivity contribution in [1.29, 1.82) is 0 Å². The highest BCUT2D eigenvalue weighted by Gasteiger charge is 2.24. The highest BCUT2D eigenvalue weighted by molar-refractivity contribution is 9.10.